The van der Waals surface area contributed by atoms with E-state index in [2.05, 4.69) is 10.1 Å². The van der Waals surface area contributed by atoms with Crippen LogP contribution in [0.2, 0.25) is 0 Å². The summed E-state index contributed by atoms with van der Waals surface area (Å²) in [4.78, 5) is 0. The van der Waals surface area contributed by atoms with Crippen molar-refractivity contribution in [1.82, 2.24) is 5.32 Å². The van der Waals surface area contributed by atoms with Gasteiger partial charge in [-0.05, 0) is 17.7 Å². The van der Waals surface area contributed by atoms with E-state index < -0.39 is 37.1 Å². The second-order valence-corrected chi connectivity index (χ2v) is 4.30. The first-order valence-corrected chi connectivity index (χ1v) is 5.92. The van der Waals surface area contributed by atoms with Crippen LogP contribution in [0.3, 0.4) is 0 Å². The standard InChI is InChI=1S/C12H12F7NO2/c13-10(14)12(18,19)22-8-3-1-2-7(4-8)5-20-6-9(21)11(15,16)17/h1-4,9-10,20-21H,5-6H2/t9-/m1/s1. The van der Waals surface area contributed by atoms with Crippen molar-refractivity contribution >= 4 is 0 Å². The highest BCUT2D eigenvalue weighted by Gasteiger charge is 2.44. The summed E-state index contributed by atoms with van der Waals surface area (Å²) in [6.07, 6.45) is -16.0. The van der Waals surface area contributed by atoms with Gasteiger partial charge < -0.3 is 15.2 Å². The Morgan fingerprint density at radius 2 is 1.77 bits per heavy atom. The Kier molecular flexibility index (Phi) is 6.00. The van der Waals surface area contributed by atoms with Crippen LogP contribution in [-0.4, -0.2) is 36.5 Å². The SMILES string of the molecule is O[C@H](CNCc1cccc(OC(F)(F)C(F)F)c1)C(F)(F)F. The second kappa shape index (κ2) is 7.14. The summed E-state index contributed by atoms with van der Waals surface area (Å²) >= 11 is 0. The molecule has 0 aliphatic carbocycles. The van der Waals surface area contributed by atoms with Crippen molar-refractivity contribution < 1.29 is 40.6 Å². The molecule has 2 N–H and O–H groups in total. The number of benzene rings is 1. The number of hydrogen-bond donors (Lipinski definition) is 2. The lowest BCUT2D eigenvalue weighted by Crippen LogP contribution is -2.38. The minimum Gasteiger partial charge on any atom is -0.428 e. The van der Waals surface area contributed by atoms with Gasteiger partial charge in [0.2, 0.25) is 0 Å². The Morgan fingerprint density at radius 1 is 1.14 bits per heavy atom. The van der Waals surface area contributed by atoms with Crippen LogP contribution in [0, 0.1) is 0 Å². The molecule has 0 fully saturated rings. The van der Waals surface area contributed by atoms with Gasteiger partial charge >= 0.3 is 18.7 Å². The van der Waals surface area contributed by atoms with Crippen molar-refractivity contribution in [2.24, 2.45) is 0 Å². The van der Waals surface area contributed by atoms with Crippen molar-refractivity contribution in [3.8, 4) is 5.75 Å². The number of ether oxygens (including phenoxy) is 1. The van der Waals surface area contributed by atoms with Crippen LogP contribution < -0.4 is 10.1 Å². The first kappa shape index (κ1) is 18.5. The molecule has 0 aliphatic heterocycles. The van der Waals surface area contributed by atoms with E-state index in [4.69, 9.17) is 5.11 Å². The summed E-state index contributed by atoms with van der Waals surface area (Å²) in [6.45, 7) is -1.01. The zero-order chi connectivity index (χ0) is 17.0. The van der Waals surface area contributed by atoms with Crippen molar-refractivity contribution in [1.29, 1.82) is 0 Å². The zero-order valence-corrected chi connectivity index (χ0v) is 10.9. The predicted molar refractivity (Wildman–Crippen MR) is 61.8 cm³/mol. The maximum atomic E-state index is 12.7. The van der Waals surface area contributed by atoms with E-state index in [1.54, 1.807) is 0 Å². The van der Waals surface area contributed by atoms with Gasteiger partial charge in [-0.1, -0.05) is 12.1 Å². The van der Waals surface area contributed by atoms with Crippen molar-refractivity contribution in [2.45, 2.75) is 31.4 Å². The smallest absolute Gasteiger partial charge is 0.428 e. The highest BCUT2D eigenvalue weighted by Crippen LogP contribution is 2.27. The number of hydrogen-bond acceptors (Lipinski definition) is 3. The fourth-order valence-electron chi connectivity index (χ4n) is 1.39. The van der Waals surface area contributed by atoms with E-state index in [1.165, 1.54) is 12.1 Å². The Labute approximate surface area is 120 Å². The molecule has 0 bridgehead atoms. The van der Waals surface area contributed by atoms with Gasteiger partial charge in [0.1, 0.15) is 5.75 Å². The molecule has 1 atom stereocenters. The second-order valence-electron chi connectivity index (χ2n) is 4.30. The number of aliphatic hydroxyl groups excluding tert-OH is 1. The van der Waals surface area contributed by atoms with Gasteiger partial charge in [0.25, 0.3) is 0 Å². The molecular weight excluding hydrogens is 323 g/mol. The van der Waals surface area contributed by atoms with E-state index in [1.807, 2.05) is 0 Å². The van der Waals surface area contributed by atoms with Crippen LogP contribution in [0.1, 0.15) is 5.56 Å². The van der Waals surface area contributed by atoms with E-state index in [-0.39, 0.29) is 12.1 Å². The molecule has 0 unspecified atom stereocenters. The van der Waals surface area contributed by atoms with E-state index in [0.717, 1.165) is 12.1 Å². The number of alkyl halides is 7. The minimum absolute atomic E-state index is 0.204. The summed E-state index contributed by atoms with van der Waals surface area (Å²) in [5.74, 6) is -0.555. The Morgan fingerprint density at radius 3 is 2.32 bits per heavy atom. The summed E-state index contributed by atoms with van der Waals surface area (Å²) in [6, 6.07) is 4.56. The Balaban J connectivity index is 2.58. The van der Waals surface area contributed by atoms with Crippen LogP contribution in [-0.2, 0) is 6.54 Å². The van der Waals surface area contributed by atoms with Crippen LogP contribution in [0.15, 0.2) is 24.3 Å². The number of aliphatic hydroxyl groups is 1. The van der Waals surface area contributed by atoms with Crippen molar-refractivity contribution in [3.63, 3.8) is 0 Å². The molecule has 1 rings (SSSR count). The highest BCUT2D eigenvalue weighted by atomic mass is 19.4. The molecule has 0 saturated carbocycles. The van der Waals surface area contributed by atoms with Gasteiger partial charge in [-0.25, -0.2) is 0 Å². The van der Waals surface area contributed by atoms with E-state index in [0.29, 0.717) is 0 Å². The van der Waals surface area contributed by atoms with Gasteiger partial charge in [0.15, 0.2) is 6.10 Å². The van der Waals surface area contributed by atoms with Crippen LogP contribution >= 0.6 is 0 Å². The molecule has 0 aliphatic rings. The third-order valence-corrected chi connectivity index (χ3v) is 2.45. The van der Waals surface area contributed by atoms with Crippen LogP contribution in [0.25, 0.3) is 0 Å². The first-order valence-electron chi connectivity index (χ1n) is 5.92. The topological polar surface area (TPSA) is 41.5 Å². The average molecular weight is 335 g/mol. The molecule has 0 amide bonds. The molecule has 0 heterocycles. The summed E-state index contributed by atoms with van der Waals surface area (Å²) in [7, 11) is 0. The quantitative estimate of drug-likeness (QED) is 0.753. The first-order chi connectivity index (χ1) is 10.0. The molecule has 3 nitrogen and oxygen atoms in total. The highest BCUT2D eigenvalue weighted by molar-refractivity contribution is 5.28. The Hall–Kier alpha value is -1.55. The fourth-order valence-corrected chi connectivity index (χ4v) is 1.39. The molecular formula is C12H12F7NO2. The maximum absolute atomic E-state index is 12.7. The average Bonchev–Trinajstić information content (AvgIpc) is 2.37. The van der Waals surface area contributed by atoms with Crippen LogP contribution in [0.4, 0.5) is 30.7 Å². The lowest BCUT2D eigenvalue weighted by Gasteiger charge is -2.18. The molecule has 0 spiro atoms. The molecule has 0 aromatic heterocycles. The molecule has 10 heteroatoms. The molecule has 22 heavy (non-hydrogen) atoms. The molecule has 0 radical (unpaired) electrons. The van der Waals surface area contributed by atoms with E-state index in [9.17, 15) is 30.7 Å². The van der Waals surface area contributed by atoms with Gasteiger partial charge in [0, 0.05) is 13.1 Å². The van der Waals surface area contributed by atoms with Gasteiger partial charge in [-0.15, -0.1) is 0 Å². The van der Waals surface area contributed by atoms with Crippen molar-refractivity contribution in [2.75, 3.05) is 6.54 Å². The monoisotopic (exact) mass is 335 g/mol. The van der Waals surface area contributed by atoms with Gasteiger partial charge in [0.05, 0.1) is 0 Å². The zero-order valence-electron chi connectivity index (χ0n) is 10.9. The lowest BCUT2D eigenvalue weighted by atomic mass is 10.2. The number of rotatable bonds is 7. The lowest BCUT2D eigenvalue weighted by molar-refractivity contribution is -0.253. The van der Waals surface area contributed by atoms with Crippen molar-refractivity contribution in [3.05, 3.63) is 29.8 Å². The molecule has 1 aromatic carbocycles. The number of nitrogens with one attached hydrogen (secondary N) is 1. The maximum Gasteiger partial charge on any atom is 0.461 e. The third kappa shape index (κ3) is 5.68. The van der Waals surface area contributed by atoms with Gasteiger partial charge in [-0.3, -0.25) is 0 Å². The van der Waals surface area contributed by atoms with Gasteiger partial charge in [-0.2, -0.15) is 30.7 Å². The predicted octanol–water partition coefficient (Wildman–Crippen LogP) is 2.94. The number of halogens is 7. The molecule has 0 saturated heterocycles. The summed E-state index contributed by atoms with van der Waals surface area (Å²) in [5, 5.41) is 11.0. The summed E-state index contributed by atoms with van der Waals surface area (Å²) in [5.41, 5.74) is 0.219. The van der Waals surface area contributed by atoms with E-state index >= 15 is 0 Å². The minimum atomic E-state index is -4.78. The Bertz CT molecular complexity index is 479. The molecule has 126 valence electrons. The third-order valence-electron chi connectivity index (χ3n) is 2.45. The van der Waals surface area contributed by atoms with Crippen LogP contribution in [0.5, 0.6) is 5.75 Å². The summed E-state index contributed by atoms with van der Waals surface area (Å²) < 4.78 is 89.3. The fraction of sp³-hybridized carbons (Fsp3) is 0.500. The largest absolute Gasteiger partial charge is 0.461 e. The molecule has 1 aromatic rings. The normalized spacial score (nSPS) is 14.2.